The smallest absolute Gasteiger partial charge is 0.258 e. The van der Waals surface area contributed by atoms with Gasteiger partial charge in [0.15, 0.2) is 5.67 Å². The number of nitrogens with one attached hydrogen (secondary N) is 3. The molecule has 18 nitrogen and oxygen atoms in total. The molecule has 1 spiro atoms. The third-order valence-corrected chi connectivity index (χ3v) is 19.4. The van der Waals surface area contributed by atoms with Crippen LogP contribution in [0.3, 0.4) is 0 Å². The maximum Gasteiger partial charge on any atom is 0.258 e. The van der Waals surface area contributed by atoms with Crippen molar-refractivity contribution >= 4 is 70.0 Å². The molecule has 7 heterocycles. The van der Waals surface area contributed by atoms with Crippen LogP contribution in [0.2, 0.25) is 5.02 Å². The van der Waals surface area contributed by atoms with Crippen molar-refractivity contribution in [1.82, 2.24) is 40.4 Å². The first kappa shape index (κ1) is 56.1. The number of anilines is 2. The van der Waals surface area contributed by atoms with Crippen molar-refractivity contribution in [2.45, 2.75) is 170 Å². The summed E-state index contributed by atoms with van der Waals surface area (Å²) in [6.45, 7) is 13.0. The van der Waals surface area contributed by atoms with Gasteiger partial charge in [0, 0.05) is 85.8 Å². The van der Waals surface area contributed by atoms with Gasteiger partial charge in [-0.25, -0.2) is 24.3 Å². The Morgan fingerprint density at radius 1 is 1.00 bits per heavy atom. The number of nitrogens with zero attached hydrogens (tertiary/aromatic N) is 7. The number of ether oxygens (including phenoxy) is 2. The molecule has 1 aromatic carbocycles. The fourth-order valence-electron chi connectivity index (χ4n) is 11.7. The summed E-state index contributed by atoms with van der Waals surface area (Å²) in [7, 11) is 0. The molecule has 6 fully saturated rings. The van der Waals surface area contributed by atoms with E-state index in [1.165, 1.54) is 28.0 Å². The third kappa shape index (κ3) is 12.3. The van der Waals surface area contributed by atoms with Gasteiger partial charge in [-0.05, 0) is 101 Å². The number of aliphatic hydroxyl groups excluding tert-OH is 1. The summed E-state index contributed by atoms with van der Waals surface area (Å²) in [5, 5.41) is 21.1. The number of hydrogen-bond acceptors (Lipinski definition) is 16. The monoisotopic (exact) mass is 1130 g/mol. The van der Waals surface area contributed by atoms with Crippen LogP contribution in [0.15, 0.2) is 58.3 Å². The SMILES string of the molecule is Cc1ncsc1-c1ccc(CNC(=O)[C@@H]2C[C@@H](O)CN2C(=O)[C@@H](NC(=O)C2(F)CC2)C(C)(C)C)c(OC2CCC(C(=O)N3CCC(Nc4nccc(Sc5cnc(N6CCC7(CC6)CO[C@@H](C)[C@H]7N)cn5)c4Cl)CC3)CC2)c1. The quantitative estimate of drug-likeness (QED) is 0.0800. The van der Waals surface area contributed by atoms with Crippen LogP contribution in [0.4, 0.5) is 16.0 Å². The number of rotatable bonds is 15. The van der Waals surface area contributed by atoms with E-state index in [2.05, 4.69) is 37.7 Å². The number of β-amino-alcohol motifs (C(OH)–C–C–N with tert-alkyl or cyclic N) is 1. The molecule has 4 aromatic rings. The van der Waals surface area contributed by atoms with E-state index in [9.17, 15) is 28.7 Å². The number of carbonyl (C=O) groups excluding carboxylic acids is 4. The molecule has 4 amide bonds. The first-order chi connectivity index (χ1) is 37.3. The normalized spacial score (nSPS) is 25.4. The van der Waals surface area contributed by atoms with Gasteiger partial charge in [0.2, 0.25) is 17.7 Å². The molecule has 10 rings (SSSR count). The molecular formula is C56H73ClFN11O7S2. The fraction of sp³-hybridized carbons (Fsp3) is 0.607. The van der Waals surface area contributed by atoms with Crippen molar-refractivity contribution in [3.63, 3.8) is 0 Å². The molecule has 3 aromatic heterocycles. The van der Waals surface area contributed by atoms with Gasteiger partial charge >= 0.3 is 0 Å². The second-order valence-electron chi connectivity index (χ2n) is 23.5. The minimum absolute atomic E-state index is 0.0150. The number of aryl methyl sites for hydroxylation is 1. The largest absolute Gasteiger partial charge is 0.490 e. The standard InChI is InChI=1S/C56H73ClFN11O7S2/c1-32-46(77-31-64-32)35-6-7-36(26-63-50(71)40-25-38(70)29-69(40)52(73)48(54(3,4)5)66-53(74)56(58)15-16-56)41(24-35)76-39-10-8-34(9-11-39)51(72)68-20-13-37(14-21-68)65-49-45(57)42(12-19-60-49)78-44-28-61-43(27-62-44)67-22-17-55(18-23-67)30-75-33(2)47(55)59/h6-7,12,19,24,27-28,31,33-34,37-40,47-48,70H,8-11,13-18,20-23,25-26,29-30,59H2,1-5H3,(H,60,65)(H,63,71)(H,66,74)/t33-,34?,38+,39?,40-,47+,48+/m0/s1. The van der Waals surface area contributed by atoms with Gasteiger partial charge in [-0.3, -0.25) is 19.2 Å². The number of carbonyl (C=O) groups is 4. The number of likely N-dealkylation sites (tertiary alicyclic amines) is 2. The first-order valence-corrected chi connectivity index (χ1v) is 29.6. The van der Waals surface area contributed by atoms with Gasteiger partial charge in [-0.1, -0.05) is 56.3 Å². The number of aliphatic hydroxyl groups is 1. The van der Waals surface area contributed by atoms with Gasteiger partial charge in [0.1, 0.15) is 34.5 Å². The summed E-state index contributed by atoms with van der Waals surface area (Å²) in [5.41, 5.74) is 8.13. The lowest BCUT2D eigenvalue weighted by atomic mass is 9.73. The topological polar surface area (TPSA) is 230 Å². The van der Waals surface area contributed by atoms with Crippen molar-refractivity contribution in [1.29, 1.82) is 0 Å². The van der Waals surface area contributed by atoms with Crippen LogP contribution in [0.5, 0.6) is 5.75 Å². The summed E-state index contributed by atoms with van der Waals surface area (Å²) in [4.78, 5) is 80.7. The summed E-state index contributed by atoms with van der Waals surface area (Å²) in [6.07, 6.45) is 10.7. The maximum atomic E-state index is 14.7. The second kappa shape index (κ2) is 23.1. The molecular weight excluding hydrogens is 1060 g/mol. The summed E-state index contributed by atoms with van der Waals surface area (Å²) < 4.78 is 27.4. The van der Waals surface area contributed by atoms with Gasteiger partial charge in [-0.2, -0.15) is 0 Å². The predicted octanol–water partition coefficient (Wildman–Crippen LogP) is 7.09. The lowest BCUT2D eigenvalue weighted by Crippen LogP contribution is -2.59. The van der Waals surface area contributed by atoms with Crippen molar-refractivity contribution in [2.24, 2.45) is 22.5 Å². The first-order valence-electron chi connectivity index (χ1n) is 27.6. The van der Waals surface area contributed by atoms with Gasteiger partial charge in [0.05, 0.1) is 58.4 Å². The highest BCUT2D eigenvalue weighted by Crippen LogP contribution is 2.44. The van der Waals surface area contributed by atoms with E-state index in [0.29, 0.717) is 55.4 Å². The number of pyridine rings is 1. The third-order valence-electron chi connectivity index (χ3n) is 17.0. The summed E-state index contributed by atoms with van der Waals surface area (Å²) >= 11 is 9.93. The molecule has 2 aliphatic carbocycles. The minimum atomic E-state index is -1.98. The molecule has 6 aliphatic rings. The van der Waals surface area contributed by atoms with E-state index in [1.54, 1.807) is 38.7 Å². The van der Waals surface area contributed by atoms with Gasteiger partial charge in [-0.15, -0.1) is 11.3 Å². The number of hydrogen-bond donors (Lipinski definition) is 5. The fourth-order valence-corrected chi connectivity index (χ4v) is 13.6. The number of amides is 4. The van der Waals surface area contributed by atoms with E-state index in [4.69, 9.17) is 36.8 Å². The number of halogens is 2. The van der Waals surface area contributed by atoms with E-state index in [0.717, 1.165) is 82.8 Å². The molecule has 420 valence electrons. The highest BCUT2D eigenvalue weighted by Gasteiger charge is 2.54. The van der Waals surface area contributed by atoms with E-state index in [1.807, 2.05) is 42.3 Å². The lowest BCUT2D eigenvalue weighted by molar-refractivity contribution is -0.145. The Morgan fingerprint density at radius 3 is 2.38 bits per heavy atom. The number of aromatic nitrogens is 4. The molecule has 5 atom stereocenters. The van der Waals surface area contributed by atoms with Crippen LogP contribution in [-0.4, -0.2) is 146 Å². The summed E-state index contributed by atoms with van der Waals surface area (Å²) in [6, 6.07) is 5.77. The Balaban J connectivity index is 0.706. The summed E-state index contributed by atoms with van der Waals surface area (Å²) in [5.74, 6) is 0.259. The molecule has 78 heavy (non-hydrogen) atoms. The predicted molar refractivity (Wildman–Crippen MR) is 297 cm³/mol. The molecule has 0 unspecified atom stereocenters. The average molecular weight is 1130 g/mol. The van der Waals surface area contributed by atoms with Crippen LogP contribution in [0.1, 0.15) is 110 Å². The number of nitrogens with two attached hydrogens (primary N) is 1. The average Bonchev–Trinajstić information content (AvgIpc) is 3.81. The Labute approximate surface area is 468 Å². The van der Waals surface area contributed by atoms with Gasteiger partial charge in [0.25, 0.3) is 5.91 Å². The Morgan fingerprint density at radius 2 is 1.74 bits per heavy atom. The Hall–Kier alpha value is -5.19. The molecule has 0 radical (unpaired) electrons. The van der Waals surface area contributed by atoms with Gasteiger partial charge < -0.3 is 51.0 Å². The van der Waals surface area contributed by atoms with Crippen LogP contribution in [-0.2, 0) is 30.5 Å². The Kier molecular flexibility index (Phi) is 16.6. The lowest BCUT2D eigenvalue weighted by Gasteiger charge is -2.41. The van der Waals surface area contributed by atoms with Crippen LogP contribution >= 0.6 is 34.7 Å². The number of piperidine rings is 2. The van der Waals surface area contributed by atoms with Crippen molar-refractivity contribution in [3.05, 3.63) is 64.6 Å². The van der Waals surface area contributed by atoms with Crippen molar-refractivity contribution in [3.8, 4) is 16.2 Å². The van der Waals surface area contributed by atoms with Crippen LogP contribution in [0, 0.1) is 23.7 Å². The maximum absolute atomic E-state index is 14.7. The molecule has 2 saturated carbocycles. The molecule has 4 aliphatic heterocycles. The molecule has 0 bridgehead atoms. The molecule has 6 N–H and O–H groups in total. The van der Waals surface area contributed by atoms with E-state index < -0.39 is 47.0 Å². The number of benzene rings is 1. The molecule has 22 heteroatoms. The number of thiazole rings is 1. The number of alkyl halides is 1. The zero-order chi connectivity index (χ0) is 55.1. The van der Waals surface area contributed by atoms with E-state index in [-0.39, 0.29) is 73.9 Å². The second-order valence-corrected chi connectivity index (χ2v) is 25.7. The van der Waals surface area contributed by atoms with Crippen LogP contribution < -0.4 is 31.3 Å². The zero-order valence-electron chi connectivity index (χ0n) is 45.1. The molecule has 4 saturated heterocycles. The Bertz CT molecular complexity index is 2830. The highest BCUT2D eigenvalue weighted by atomic mass is 35.5. The van der Waals surface area contributed by atoms with Crippen molar-refractivity contribution < 1.29 is 38.1 Å². The van der Waals surface area contributed by atoms with Crippen LogP contribution in [0.25, 0.3) is 10.4 Å². The van der Waals surface area contributed by atoms with E-state index >= 15 is 0 Å². The zero-order valence-corrected chi connectivity index (χ0v) is 47.5. The highest BCUT2D eigenvalue weighted by molar-refractivity contribution is 7.99. The van der Waals surface area contributed by atoms with Crippen molar-refractivity contribution in [2.75, 3.05) is 49.5 Å². The minimum Gasteiger partial charge on any atom is -0.490 e.